The van der Waals surface area contributed by atoms with Gasteiger partial charge in [0.15, 0.2) is 6.10 Å². The number of esters is 3. The van der Waals surface area contributed by atoms with Gasteiger partial charge in [0.2, 0.25) is 5.91 Å². The minimum atomic E-state index is -0.970. The van der Waals surface area contributed by atoms with Crippen LogP contribution in [0.25, 0.3) is 10.4 Å². The third kappa shape index (κ3) is 11.2. The molecule has 13 nitrogen and oxygen atoms in total. The minimum absolute atomic E-state index is 0.124. The third-order valence-corrected chi connectivity index (χ3v) is 4.47. The van der Waals surface area contributed by atoms with Gasteiger partial charge in [-0.25, -0.2) is 0 Å². The summed E-state index contributed by atoms with van der Waals surface area (Å²) in [6.45, 7) is 5.84. The Morgan fingerprint density at radius 1 is 1.09 bits per heavy atom. The Hall–Kier alpha value is -3.31. The van der Waals surface area contributed by atoms with E-state index < -0.39 is 42.4 Å². The molecule has 0 radical (unpaired) electrons. The van der Waals surface area contributed by atoms with Crippen LogP contribution in [0.4, 0.5) is 0 Å². The molecule has 0 saturated carbocycles. The van der Waals surface area contributed by atoms with Gasteiger partial charge in [-0.1, -0.05) is 5.11 Å². The van der Waals surface area contributed by atoms with E-state index in [1.54, 1.807) is 6.92 Å². The van der Waals surface area contributed by atoms with Crippen LogP contribution in [0.1, 0.15) is 47.0 Å². The van der Waals surface area contributed by atoms with Gasteiger partial charge in [0.05, 0.1) is 0 Å². The van der Waals surface area contributed by atoms with Crippen molar-refractivity contribution in [1.82, 2.24) is 10.6 Å². The SMILES string of the molecule is CC(=O)OCC1O[C@@H](N/C=C(/C)C(=O)NCCCCN=[N+]=[N-])CC(OC(C)=O)[C@H]1OC(C)=O. The smallest absolute Gasteiger partial charge is 0.303 e. The Labute approximate surface area is 191 Å². The predicted octanol–water partition coefficient (Wildman–Crippen LogP) is 1.23. The molecule has 0 aromatic carbocycles. The van der Waals surface area contributed by atoms with Crippen molar-refractivity contribution >= 4 is 23.8 Å². The zero-order valence-electron chi connectivity index (χ0n) is 19.2. The number of rotatable bonds is 12. The first-order valence-corrected chi connectivity index (χ1v) is 10.5. The number of ether oxygens (including phenoxy) is 4. The predicted molar refractivity (Wildman–Crippen MR) is 114 cm³/mol. The van der Waals surface area contributed by atoms with Crippen LogP contribution in [0.5, 0.6) is 0 Å². The third-order valence-electron chi connectivity index (χ3n) is 4.47. The van der Waals surface area contributed by atoms with Crippen molar-refractivity contribution in [3.05, 3.63) is 22.2 Å². The summed E-state index contributed by atoms with van der Waals surface area (Å²) < 4.78 is 21.5. The molecule has 1 heterocycles. The highest BCUT2D eigenvalue weighted by molar-refractivity contribution is 5.92. The summed E-state index contributed by atoms with van der Waals surface area (Å²) in [4.78, 5) is 49.2. The van der Waals surface area contributed by atoms with Gasteiger partial charge in [0.1, 0.15) is 25.0 Å². The second-order valence-corrected chi connectivity index (χ2v) is 7.33. The molecule has 1 fully saturated rings. The molecule has 13 heteroatoms. The second-order valence-electron chi connectivity index (χ2n) is 7.33. The first kappa shape index (κ1) is 27.7. The van der Waals surface area contributed by atoms with Gasteiger partial charge < -0.3 is 29.6 Å². The molecule has 0 aromatic rings. The van der Waals surface area contributed by atoms with Crippen LogP contribution in [0.3, 0.4) is 0 Å². The average molecular weight is 469 g/mol. The van der Waals surface area contributed by atoms with Gasteiger partial charge in [-0.05, 0) is 25.3 Å². The van der Waals surface area contributed by atoms with Crippen molar-refractivity contribution in [2.24, 2.45) is 5.11 Å². The van der Waals surface area contributed by atoms with E-state index in [4.69, 9.17) is 24.5 Å². The monoisotopic (exact) mass is 469 g/mol. The van der Waals surface area contributed by atoms with E-state index in [9.17, 15) is 19.2 Å². The number of carbonyl (C=O) groups excluding carboxylic acids is 4. The van der Waals surface area contributed by atoms with Crippen LogP contribution in [0.2, 0.25) is 0 Å². The molecular formula is C20H31N5O8. The summed E-state index contributed by atoms with van der Waals surface area (Å²) in [5.41, 5.74) is 8.60. The van der Waals surface area contributed by atoms with Crippen LogP contribution < -0.4 is 10.6 Å². The summed E-state index contributed by atoms with van der Waals surface area (Å²) in [5, 5.41) is 9.11. The fraction of sp³-hybridized carbons (Fsp3) is 0.700. The van der Waals surface area contributed by atoms with Crippen LogP contribution in [-0.2, 0) is 38.1 Å². The molecule has 1 amide bonds. The molecule has 0 aromatic heterocycles. The Balaban J connectivity index is 2.78. The van der Waals surface area contributed by atoms with Crippen LogP contribution in [0, 0.1) is 0 Å². The van der Waals surface area contributed by atoms with Gasteiger partial charge in [0, 0.05) is 57.0 Å². The van der Waals surface area contributed by atoms with Gasteiger partial charge in [-0.15, -0.1) is 0 Å². The molecule has 1 rings (SSSR count). The van der Waals surface area contributed by atoms with Gasteiger partial charge in [-0.2, -0.15) is 0 Å². The van der Waals surface area contributed by atoms with Crippen molar-refractivity contribution in [3.8, 4) is 0 Å². The highest BCUT2D eigenvalue weighted by atomic mass is 16.6. The maximum atomic E-state index is 12.2. The quantitative estimate of drug-likeness (QED) is 0.0808. The van der Waals surface area contributed by atoms with Crippen molar-refractivity contribution in [3.63, 3.8) is 0 Å². The van der Waals surface area contributed by atoms with Crippen LogP contribution in [0.15, 0.2) is 16.9 Å². The summed E-state index contributed by atoms with van der Waals surface area (Å²) in [5.74, 6) is -2.03. The summed E-state index contributed by atoms with van der Waals surface area (Å²) >= 11 is 0. The van der Waals surface area contributed by atoms with E-state index in [-0.39, 0.29) is 18.9 Å². The van der Waals surface area contributed by atoms with Crippen molar-refractivity contribution in [2.45, 2.75) is 71.5 Å². The Morgan fingerprint density at radius 2 is 1.79 bits per heavy atom. The molecule has 2 unspecified atom stereocenters. The van der Waals surface area contributed by atoms with Gasteiger partial charge in [-0.3, -0.25) is 19.2 Å². The second kappa shape index (κ2) is 14.7. The summed E-state index contributed by atoms with van der Waals surface area (Å²) in [6.07, 6.45) is -0.527. The maximum Gasteiger partial charge on any atom is 0.303 e. The number of hydrogen-bond acceptors (Lipinski definition) is 10. The standard InChI is InChI=1S/C20H31N5O8/c1-12(20(29)22-7-5-6-8-24-25-21)10-23-18-9-16(31-14(3)27)19(32-15(4)28)17(33-18)11-30-13(2)26/h10,16-19,23H,5-9,11H2,1-4H3,(H,22,29)/b12-10-/t16?,17?,18-,19-/m1/s1. The number of nitrogens with zero attached hydrogens (tertiary/aromatic N) is 3. The van der Waals surface area contributed by atoms with Gasteiger partial charge >= 0.3 is 17.9 Å². The van der Waals surface area contributed by atoms with E-state index in [1.165, 1.54) is 27.0 Å². The lowest BCUT2D eigenvalue weighted by Gasteiger charge is -2.40. The Kier molecular flexibility index (Phi) is 12.3. The van der Waals surface area contributed by atoms with Gasteiger partial charge in [0.25, 0.3) is 0 Å². The molecule has 184 valence electrons. The van der Waals surface area contributed by atoms with E-state index in [1.807, 2.05) is 0 Å². The molecule has 1 aliphatic rings. The van der Waals surface area contributed by atoms with Crippen molar-refractivity contribution < 1.29 is 38.1 Å². The van der Waals surface area contributed by atoms with E-state index in [0.717, 1.165) is 0 Å². The lowest BCUT2D eigenvalue weighted by molar-refractivity contribution is -0.217. The molecule has 1 aliphatic heterocycles. The summed E-state index contributed by atoms with van der Waals surface area (Å²) in [7, 11) is 0. The highest BCUT2D eigenvalue weighted by Crippen LogP contribution is 2.25. The molecule has 2 N–H and O–H groups in total. The van der Waals surface area contributed by atoms with Crippen molar-refractivity contribution in [1.29, 1.82) is 0 Å². The largest absolute Gasteiger partial charge is 0.463 e. The zero-order valence-corrected chi connectivity index (χ0v) is 19.2. The number of unbranched alkanes of at least 4 members (excludes halogenated alkanes) is 1. The maximum absolute atomic E-state index is 12.2. The van der Waals surface area contributed by atoms with Crippen LogP contribution in [-0.4, -0.2) is 68.1 Å². The Morgan fingerprint density at radius 3 is 2.39 bits per heavy atom. The highest BCUT2D eigenvalue weighted by Gasteiger charge is 2.43. The van der Waals surface area contributed by atoms with E-state index in [2.05, 4.69) is 20.7 Å². The molecule has 33 heavy (non-hydrogen) atoms. The van der Waals surface area contributed by atoms with Crippen molar-refractivity contribution in [2.75, 3.05) is 19.7 Å². The summed E-state index contributed by atoms with van der Waals surface area (Å²) in [6, 6.07) is 0. The minimum Gasteiger partial charge on any atom is -0.463 e. The molecule has 0 bridgehead atoms. The topological polar surface area (TPSA) is 178 Å². The number of azide groups is 1. The number of carbonyl (C=O) groups is 4. The fourth-order valence-corrected chi connectivity index (χ4v) is 3.02. The van der Waals surface area contributed by atoms with E-state index >= 15 is 0 Å². The number of amides is 1. The number of nitrogens with one attached hydrogen (secondary N) is 2. The fourth-order valence-electron chi connectivity index (χ4n) is 3.02. The van der Waals surface area contributed by atoms with E-state index in [0.29, 0.717) is 31.5 Å². The average Bonchev–Trinajstić information content (AvgIpc) is 2.73. The Bertz CT molecular complexity index is 780. The normalized spacial score (nSPS) is 22.4. The molecule has 1 saturated heterocycles. The first-order chi connectivity index (χ1) is 15.6. The molecule has 4 atom stereocenters. The van der Waals surface area contributed by atoms with Crippen LogP contribution >= 0.6 is 0 Å². The molecule has 0 spiro atoms. The molecule has 0 aliphatic carbocycles. The zero-order chi connectivity index (χ0) is 24.8. The molecular weight excluding hydrogens is 438 g/mol. The lowest BCUT2D eigenvalue weighted by atomic mass is 10.00. The number of hydrogen-bond donors (Lipinski definition) is 2. The first-order valence-electron chi connectivity index (χ1n) is 10.5. The lowest BCUT2D eigenvalue weighted by Crippen LogP contribution is -2.56.